The molecular formula is C14H24. The molecule has 0 aliphatic carbocycles. The highest BCUT2D eigenvalue weighted by Gasteiger charge is 1.88. The maximum atomic E-state index is 3.50. The molecule has 0 aliphatic heterocycles. The van der Waals surface area contributed by atoms with Crippen molar-refractivity contribution >= 4 is 0 Å². The Balaban J connectivity index is 3.02. The normalized spacial score (nSPS) is 10.4. The van der Waals surface area contributed by atoms with Crippen LogP contribution in [0.1, 0.15) is 58.3 Å². The van der Waals surface area contributed by atoms with Crippen LogP contribution in [0.15, 0.2) is 30.5 Å². The molecule has 0 radical (unpaired) electrons. The number of allylic oxidation sites excluding steroid dienone is 3. The van der Waals surface area contributed by atoms with Crippen LogP contribution in [0, 0.1) is 0 Å². The number of rotatable bonds is 9. The molecule has 0 nitrogen and oxygen atoms in total. The SMILES string of the molecule is C=C=CC=CCCCCCCCCC. The van der Waals surface area contributed by atoms with Gasteiger partial charge in [0.15, 0.2) is 0 Å². The molecule has 0 saturated carbocycles. The molecule has 0 fully saturated rings. The zero-order chi connectivity index (χ0) is 10.5. The quantitative estimate of drug-likeness (QED) is 0.273. The van der Waals surface area contributed by atoms with E-state index in [4.69, 9.17) is 0 Å². The number of unbranched alkanes of at least 4 members (excludes halogenated alkanes) is 7. The van der Waals surface area contributed by atoms with Gasteiger partial charge in [-0.05, 0) is 18.9 Å². The maximum absolute atomic E-state index is 3.50. The van der Waals surface area contributed by atoms with Gasteiger partial charge in [0.2, 0.25) is 0 Å². The van der Waals surface area contributed by atoms with Crippen molar-refractivity contribution in [2.24, 2.45) is 0 Å². The molecule has 0 bridgehead atoms. The number of hydrogen-bond donors (Lipinski definition) is 0. The summed E-state index contributed by atoms with van der Waals surface area (Å²) in [5.74, 6) is 0. The second-order valence-corrected chi connectivity index (χ2v) is 3.71. The highest BCUT2D eigenvalue weighted by Crippen LogP contribution is 2.08. The first-order valence-corrected chi connectivity index (χ1v) is 5.92. The van der Waals surface area contributed by atoms with Crippen molar-refractivity contribution in [2.75, 3.05) is 0 Å². The van der Waals surface area contributed by atoms with Crippen LogP contribution in [0.3, 0.4) is 0 Å². The molecule has 0 unspecified atom stereocenters. The third kappa shape index (κ3) is 11.3. The van der Waals surface area contributed by atoms with Gasteiger partial charge in [0.05, 0.1) is 0 Å². The van der Waals surface area contributed by atoms with Crippen molar-refractivity contribution in [3.63, 3.8) is 0 Å². The predicted octanol–water partition coefficient (Wildman–Crippen LogP) is 5.02. The van der Waals surface area contributed by atoms with E-state index in [0.717, 1.165) is 0 Å². The Kier molecular flexibility index (Phi) is 11.6. The summed E-state index contributed by atoms with van der Waals surface area (Å²) < 4.78 is 0. The molecular weight excluding hydrogens is 168 g/mol. The van der Waals surface area contributed by atoms with Gasteiger partial charge in [-0.1, -0.05) is 64.2 Å². The Morgan fingerprint density at radius 2 is 1.64 bits per heavy atom. The van der Waals surface area contributed by atoms with E-state index >= 15 is 0 Å². The van der Waals surface area contributed by atoms with Crippen LogP contribution in [0.5, 0.6) is 0 Å². The Morgan fingerprint density at radius 1 is 1.00 bits per heavy atom. The van der Waals surface area contributed by atoms with Crippen LogP contribution >= 0.6 is 0 Å². The topological polar surface area (TPSA) is 0 Å². The summed E-state index contributed by atoms with van der Waals surface area (Å²) in [6.45, 7) is 5.77. The van der Waals surface area contributed by atoms with Crippen LogP contribution < -0.4 is 0 Å². The minimum absolute atomic E-state index is 1.20. The van der Waals surface area contributed by atoms with E-state index < -0.39 is 0 Å². The van der Waals surface area contributed by atoms with Gasteiger partial charge in [0, 0.05) is 0 Å². The minimum Gasteiger partial charge on any atom is -0.129 e. The zero-order valence-electron chi connectivity index (χ0n) is 9.60. The van der Waals surface area contributed by atoms with Crippen molar-refractivity contribution in [2.45, 2.75) is 58.3 Å². The average Bonchev–Trinajstić information content (AvgIpc) is 2.21. The van der Waals surface area contributed by atoms with Gasteiger partial charge in [0.1, 0.15) is 0 Å². The van der Waals surface area contributed by atoms with Gasteiger partial charge in [0.25, 0.3) is 0 Å². The van der Waals surface area contributed by atoms with Crippen LogP contribution in [0.25, 0.3) is 0 Å². The largest absolute Gasteiger partial charge is 0.129 e. The van der Waals surface area contributed by atoms with Gasteiger partial charge < -0.3 is 0 Å². The molecule has 0 heterocycles. The van der Waals surface area contributed by atoms with Gasteiger partial charge in [-0.15, -0.1) is 5.73 Å². The fourth-order valence-corrected chi connectivity index (χ4v) is 1.45. The second kappa shape index (κ2) is 12.3. The van der Waals surface area contributed by atoms with Crippen molar-refractivity contribution in [1.82, 2.24) is 0 Å². The molecule has 80 valence electrons. The Bertz CT molecular complexity index is 170. The molecule has 0 heteroatoms. The zero-order valence-corrected chi connectivity index (χ0v) is 9.60. The highest BCUT2D eigenvalue weighted by molar-refractivity contribution is 4.99. The summed E-state index contributed by atoms with van der Waals surface area (Å²) in [7, 11) is 0. The summed E-state index contributed by atoms with van der Waals surface area (Å²) in [5.41, 5.74) is 2.73. The van der Waals surface area contributed by atoms with Crippen molar-refractivity contribution < 1.29 is 0 Å². The van der Waals surface area contributed by atoms with Crippen LogP contribution in [-0.4, -0.2) is 0 Å². The van der Waals surface area contributed by atoms with E-state index in [1.807, 2.05) is 12.2 Å². The lowest BCUT2D eigenvalue weighted by Gasteiger charge is -1.98. The third-order valence-electron chi connectivity index (χ3n) is 2.32. The van der Waals surface area contributed by atoms with E-state index in [9.17, 15) is 0 Å². The summed E-state index contributed by atoms with van der Waals surface area (Å²) in [6.07, 6.45) is 17.0. The second-order valence-electron chi connectivity index (χ2n) is 3.71. The Hall–Kier alpha value is -0.740. The smallest absolute Gasteiger partial charge is 0.0209 e. The fraction of sp³-hybridized carbons (Fsp3) is 0.643. The van der Waals surface area contributed by atoms with E-state index in [1.165, 1.54) is 51.4 Å². The maximum Gasteiger partial charge on any atom is -0.0209 e. The van der Waals surface area contributed by atoms with Gasteiger partial charge in [-0.3, -0.25) is 0 Å². The fourth-order valence-electron chi connectivity index (χ4n) is 1.45. The highest BCUT2D eigenvalue weighted by atomic mass is 13.9. The summed E-state index contributed by atoms with van der Waals surface area (Å²) in [6, 6.07) is 0. The monoisotopic (exact) mass is 192 g/mol. The van der Waals surface area contributed by atoms with E-state index in [-0.39, 0.29) is 0 Å². The van der Waals surface area contributed by atoms with Crippen LogP contribution in [-0.2, 0) is 0 Å². The molecule has 0 aromatic carbocycles. The first-order chi connectivity index (χ1) is 6.91. The van der Waals surface area contributed by atoms with E-state index in [1.54, 1.807) is 0 Å². The van der Waals surface area contributed by atoms with Crippen molar-refractivity contribution in [3.05, 3.63) is 30.5 Å². The lowest BCUT2D eigenvalue weighted by molar-refractivity contribution is 0.592. The van der Waals surface area contributed by atoms with E-state index in [2.05, 4.69) is 25.3 Å². The van der Waals surface area contributed by atoms with E-state index in [0.29, 0.717) is 0 Å². The molecule has 0 saturated heterocycles. The molecule has 0 aromatic rings. The summed E-state index contributed by atoms with van der Waals surface area (Å²) in [5, 5.41) is 0. The first-order valence-electron chi connectivity index (χ1n) is 5.92. The van der Waals surface area contributed by atoms with Gasteiger partial charge >= 0.3 is 0 Å². The lowest BCUT2D eigenvalue weighted by atomic mass is 10.1. The van der Waals surface area contributed by atoms with Gasteiger partial charge in [-0.2, -0.15) is 0 Å². The minimum atomic E-state index is 1.20. The molecule has 0 aromatic heterocycles. The third-order valence-corrected chi connectivity index (χ3v) is 2.32. The average molecular weight is 192 g/mol. The first kappa shape index (κ1) is 13.3. The summed E-state index contributed by atoms with van der Waals surface area (Å²) >= 11 is 0. The molecule has 0 spiro atoms. The van der Waals surface area contributed by atoms with Crippen molar-refractivity contribution in [1.29, 1.82) is 0 Å². The van der Waals surface area contributed by atoms with Gasteiger partial charge in [-0.25, -0.2) is 0 Å². The predicted molar refractivity (Wildman–Crippen MR) is 65.5 cm³/mol. The number of hydrogen-bond acceptors (Lipinski definition) is 0. The standard InChI is InChI=1S/C14H24/c1-3-5-7-9-11-13-14-12-10-8-6-4-2/h5,7,9H,1,4,6,8,10-14H2,2H3. The molecule has 0 aliphatic rings. The Morgan fingerprint density at radius 3 is 2.29 bits per heavy atom. The molecule has 0 N–H and O–H groups in total. The molecule has 0 atom stereocenters. The van der Waals surface area contributed by atoms with Crippen LogP contribution in [0.2, 0.25) is 0 Å². The van der Waals surface area contributed by atoms with Crippen LogP contribution in [0.4, 0.5) is 0 Å². The van der Waals surface area contributed by atoms with Crippen molar-refractivity contribution in [3.8, 4) is 0 Å². The summed E-state index contributed by atoms with van der Waals surface area (Å²) in [4.78, 5) is 0. The molecule has 14 heavy (non-hydrogen) atoms. The molecule has 0 amide bonds. The lowest BCUT2D eigenvalue weighted by Crippen LogP contribution is -1.78. The Labute approximate surface area is 89.4 Å². The molecule has 0 rings (SSSR count).